The number of carbonyl (C=O) groups excluding carboxylic acids is 2. The first kappa shape index (κ1) is 19.2. The molecule has 4 fully saturated rings. The Hall–Kier alpha value is -1.18. The van der Waals surface area contributed by atoms with E-state index in [0.29, 0.717) is 51.1 Å². The van der Waals surface area contributed by atoms with Crippen molar-refractivity contribution in [2.75, 3.05) is 13.2 Å². The van der Waals surface area contributed by atoms with Gasteiger partial charge in [0.15, 0.2) is 0 Å². The molecule has 7 heteroatoms. The zero-order chi connectivity index (χ0) is 19.0. The van der Waals surface area contributed by atoms with Gasteiger partial charge in [0.25, 0.3) is 0 Å². The van der Waals surface area contributed by atoms with E-state index < -0.39 is 11.8 Å². The van der Waals surface area contributed by atoms with Crippen molar-refractivity contribution in [3.05, 3.63) is 0 Å². The van der Waals surface area contributed by atoms with Gasteiger partial charge in [-0.25, -0.2) is 0 Å². The Bertz CT molecular complexity index is 517. The van der Waals surface area contributed by atoms with Crippen LogP contribution in [0.4, 0.5) is 0 Å². The normalized spacial score (nSPS) is 41.4. The Kier molecular flexibility index (Phi) is 5.71. The van der Waals surface area contributed by atoms with E-state index in [9.17, 15) is 9.59 Å². The second-order valence-electron chi connectivity index (χ2n) is 8.05. The molecule has 8 unspecified atom stereocenters. The fourth-order valence-corrected chi connectivity index (χ4v) is 4.29. The molecule has 1 saturated carbocycles. The van der Waals surface area contributed by atoms with E-state index in [1.165, 1.54) is 0 Å². The topological polar surface area (TPSA) is 90.2 Å². The molecular weight excluding hydrogens is 352 g/mol. The second-order valence-corrected chi connectivity index (χ2v) is 8.05. The molecule has 0 aromatic heterocycles. The highest BCUT2D eigenvalue weighted by molar-refractivity contribution is 5.82. The minimum Gasteiger partial charge on any atom is -0.465 e. The molecule has 7 nitrogen and oxygen atoms in total. The summed E-state index contributed by atoms with van der Waals surface area (Å²) in [4.78, 5) is 25.1. The number of rotatable bonds is 10. The third-order valence-electron chi connectivity index (χ3n) is 6.22. The van der Waals surface area contributed by atoms with E-state index in [-0.39, 0.29) is 36.4 Å². The molecule has 8 atom stereocenters. The van der Waals surface area contributed by atoms with Crippen LogP contribution < -0.4 is 0 Å². The average molecular weight is 382 g/mol. The summed E-state index contributed by atoms with van der Waals surface area (Å²) in [5.74, 6) is -1.56. The Morgan fingerprint density at radius 2 is 1.19 bits per heavy atom. The lowest BCUT2D eigenvalue weighted by Crippen LogP contribution is -2.38. The summed E-state index contributed by atoms with van der Waals surface area (Å²) >= 11 is 0. The molecule has 0 spiro atoms. The predicted molar refractivity (Wildman–Crippen MR) is 93.9 cm³/mol. The van der Waals surface area contributed by atoms with Gasteiger partial charge < -0.3 is 23.7 Å². The quantitative estimate of drug-likeness (QED) is 0.422. The van der Waals surface area contributed by atoms with E-state index in [4.69, 9.17) is 23.7 Å². The molecule has 0 radical (unpaired) electrons. The Morgan fingerprint density at radius 3 is 1.56 bits per heavy atom. The fourth-order valence-electron chi connectivity index (χ4n) is 4.29. The standard InChI is InChI=1S/C20H30O7/c1-3-13-15(25-13)5-7-23-19(21)11-9-17-18(27-17)10-12(11)20(22)24-8-6-16-14(4-2)26-16/h11-18H,3-10H2,1-2H3. The Labute approximate surface area is 160 Å². The van der Waals surface area contributed by atoms with E-state index in [2.05, 4.69) is 13.8 Å². The molecule has 3 heterocycles. The van der Waals surface area contributed by atoms with Crippen molar-refractivity contribution in [1.82, 2.24) is 0 Å². The second kappa shape index (κ2) is 8.05. The summed E-state index contributed by atoms with van der Waals surface area (Å²) in [7, 11) is 0. The van der Waals surface area contributed by atoms with E-state index in [1.807, 2.05) is 0 Å². The van der Waals surface area contributed by atoms with Crippen LogP contribution in [0.3, 0.4) is 0 Å². The van der Waals surface area contributed by atoms with Crippen LogP contribution in [0.2, 0.25) is 0 Å². The molecule has 0 N–H and O–H groups in total. The van der Waals surface area contributed by atoms with Gasteiger partial charge in [-0.3, -0.25) is 9.59 Å². The Balaban J connectivity index is 1.22. The summed E-state index contributed by atoms with van der Waals surface area (Å²) in [6.45, 7) is 4.84. The van der Waals surface area contributed by atoms with Gasteiger partial charge in [0.2, 0.25) is 0 Å². The SMILES string of the molecule is CCC1OC1CCOC(=O)C1CC2OC2CC1C(=O)OCCC1OC1CC. The number of carbonyl (C=O) groups is 2. The number of esters is 2. The largest absolute Gasteiger partial charge is 0.465 e. The van der Waals surface area contributed by atoms with Crippen LogP contribution in [0.25, 0.3) is 0 Å². The van der Waals surface area contributed by atoms with Crippen molar-refractivity contribution < 1.29 is 33.3 Å². The Morgan fingerprint density at radius 1 is 0.741 bits per heavy atom. The third-order valence-corrected chi connectivity index (χ3v) is 6.22. The van der Waals surface area contributed by atoms with Gasteiger partial charge in [0.1, 0.15) is 0 Å². The van der Waals surface area contributed by atoms with Crippen LogP contribution >= 0.6 is 0 Å². The summed E-state index contributed by atoms with van der Waals surface area (Å²) in [5.41, 5.74) is 0. The number of epoxide rings is 3. The van der Waals surface area contributed by atoms with Crippen molar-refractivity contribution in [2.45, 2.75) is 89.0 Å². The number of hydrogen-bond acceptors (Lipinski definition) is 7. The zero-order valence-corrected chi connectivity index (χ0v) is 16.1. The highest BCUT2D eigenvalue weighted by atomic mass is 16.6. The molecule has 1 aliphatic carbocycles. The highest BCUT2D eigenvalue weighted by Gasteiger charge is 2.53. The maximum atomic E-state index is 12.6. The van der Waals surface area contributed by atoms with E-state index >= 15 is 0 Å². The molecule has 4 aliphatic rings. The van der Waals surface area contributed by atoms with Crippen molar-refractivity contribution in [1.29, 1.82) is 0 Å². The van der Waals surface area contributed by atoms with E-state index in [1.54, 1.807) is 0 Å². The smallest absolute Gasteiger partial charge is 0.309 e. The van der Waals surface area contributed by atoms with Crippen molar-refractivity contribution in [2.24, 2.45) is 11.8 Å². The first-order chi connectivity index (χ1) is 13.1. The minimum absolute atomic E-state index is 0.0908. The van der Waals surface area contributed by atoms with Gasteiger partial charge >= 0.3 is 11.9 Å². The first-order valence-corrected chi connectivity index (χ1v) is 10.4. The highest BCUT2D eigenvalue weighted by Crippen LogP contribution is 2.44. The maximum absolute atomic E-state index is 12.6. The fraction of sp³-hybridized carbons (Fsp3) is 0.900. The maximum Gasteiger partial charge on any atom is 0.309 e. The van der Waals surface area contributed by atoms with Crippen molar-refractivity contribution in [3.63, 3.8) is 0 Å². The van der Waals surface area contributed by atoms with Crippen LogP contribution in [-0.4, -0.2) is 61.8 Å². The summed E-state index contributed by atoms with van der Waals surface area (Å²) < 4.78 is 27.4. The van der Waals surface area contributed by atoms with Gasteiger partial charge in [-0.15, -0.1) is 0 Å². The molecule has 0 bridgehead atoms. The monoisotopic (exact) mass is 382 g/mol. The van der Waals surface area contributed by atoms with Crippen LogP contribution in [0.15, 0.2) is 0 Å². The molecule has 0 aromatic rings. The molecule has 3 saturated heterocycles. The van der Waals surface area contributed by atoms with Crippen molar-refractivity contribution in [3.8, 4) is 0 Å². The third kappa shape index (κ3) is 4.63. The first-order valence-electron chi connectivity index (χ1n) is 10.4. The zero-order valence-electron chi connectivity index (χ0n) is 16.1. The van der Waals surface area contributed by atoms with Gasteiger partial charge in [0.05, 0.1) is 61.7 Å². The molecular formula is C20H30O7. The van der Waals surface area contributed by atoms with Crippen molar-refractivity contribution >= 4 is 11.9 Å². The molecule has 0 amide bonds. The number of fused-ring (bicyclic) bond motifs is 1. The summed E-state index contributed by atoms with van der Waals surface area (Å²) in [6.07, 6.45) is 5.72. The molecule has 27 heavy (non-hydrogen) atoms. The van der Waals surface area contributed by atoms with Crippen LogP contribution in [0.1, 0.15) is 52.4 Å². The molecule has 152 valence electrons. The average Bonchev–Trinajstić information content (AvgIpc) is 3.55. The lowest BCUT2D eigenvalue weighted by molar-refractivity contribution is -0.162. The van der Waals surface area contributed by atoms with Crippen LogP contribution in [-0.2, 0) is 33.3 Å². The molecule has 0 aromatic carbocycles. The van der Waals surface area contributed by atoms with Gasteiger partial charge in [-0.05, 0) is 25.7 Å². The number of hydrogen-bond donors (Lipinski definition) is 0. The van der Waals surface area contributed by atoms with Gasteiger partial charge in [0, 0.05) is 12.8 Å². The van der Waals surface area contributed by atoms with Gasteiger partial charge in [-0.1, -0.05) is 13.8 Å². The summed E-state index contributed by atoms with van der Waals surface area (Å²) in [6, 6.07) is 0. The van der Waals surface area contributed by atoms with E-state index in [0.717, 1.165) is 12.8 Å². The predicted octanol–water partition coefficient (Wildman–Crippen LogP) is 2.00. The minimum atomic E-state index is -0.469. The molecule has 4 rings (SSSR count). The summed E-state index contributed by atoms with van der Waals surface area (Å²) in [5, 5.41) is 0. The lowest BCUT2D eigenvalue weighted by atomic mass is 9.79. The molecule has 3 aliphatic heterocycles. The number of ether oxygens (including phenoxy) is 5. The van der Waals surface area contributed by atoms with Crippen LogP contribution in [0, 0.1) is 11.8 Å². The van der Waals surface area contributed by atoms with Gasteiger partial charge in [-0.2, -0.15) is 0 Å². The van der Waals surface area contributed by atoms with Crippen LogP contribution in [0.5, 0.6) is 0 Å². The lowest BCUT2D eigenvalue weighted by Gasteiger charge is -2.26.